The zero-order valence-electron chi connectivity index (χ0n) is 13.1. The van der Waals surface area contributed by atoms with E-state index in [0.717, 1.165) is 38.6 Å². The Hall–Kier alpha value is -1.71. The van der Waals surface area contributed by atoms with E-state index < -0.39 is 0 Å². The molecule has 4 nitrogen and oxygen atoms in total. The Bertz CT molecular complexity index is 517. The van der Waals surface area contributed by atoms with E-state index in [9.17, 15) is 4.79 Å². The summed E-state index contributed by atoms with van der Waals surface area (Å²) in [5.41, 5.74) is 3.99. The molecule has 4 heteroatoms. The minimum absolute atomic E-state index is 0.113. The predicted molar refractivity (Wildman–Crippen MR) is 85.8 cm³/mol. The van der Waals surface area contributed by atoms with Crippen molar-refractivity contribution in [1.82, 2.24) is 10.2 Å². The second kappa shape index (κ2) is 5.96. The minimum atomic E-state index is 0.113. The molecule has 1 heterocycles. The molecular weight excluding hydrogens is 262 g/mol. The standard InChI is InChI=1S/C17H25N3O/c1-13-4-3-5-16(14(13)2)19-8-10-20(11-9-19)17(21)18-12-15-6-7-15/h3-5,15H,6-12H2,1-2H3,(H,18,21). The Morgan fingerprint density at radius 3 is 2.57 bits per heavy atom. The van der Waals surface area contributed by atoms with Crippen LogP contribution in [0.1, 0.15) is 24.0 Å². The van der Waals surface area contributed by atoms with Crippen molar-refractivity contribution in [3.8, 4) is 0 Å². The molecule has 1 aliphatic heterocycles. The van der Waals surface area contributed by atoms with E-state index in [4.69, 9.17) is 0 Å². The summed E-state index contributed by atoms with van der Waals surface area (Å²) in [6.07, 6.45) is 2.56. The number of benzene rings is 1. The third-order valence-corrected chi connectivity index (χ3v) is 4.72. The van der Waals surface area contributed by atoms with Crippen molar-refractivity contribution in [2.75, 3.05) is 37.6 Å². The van der Waals surface area contributed by atoms with E-state index in [-0.39, 0.29) is 6.03 Å². The number of urea groups is 1. The summed E-state index contributed by atoms with van der Waals surface area (Å²) in [5, 5.41) is 3.06. The van der Waals surface area contributed by atoms with Crippen LogP contribution in [0.4, 0.5) is 10.5 Å². The van der Waals surface area contributed by atoms with Gasteiger partial charge >= 0.3 is 6.03 Å². The highest BCUT2D eigenvalue weighted by Gasteiger charge is 2.25. The van der Waals surface area contributed by atoms with Crippen LogP contribution >= 0.6 is 0 Å². The van der Waals surface area contributed by atoms with Crippen LogP contribution in [-0.2, 0) is 0 Å². The van der Waals surface area contributed by atoms with Gasteiger partial charge in [-0.05, 0) is 49.8 Å². The molecular formula is C17H25N3O. The summed E-state index contributed by atoms with van der Waals surface area (Å²) in [7, 11) is 0. The second-order valence-corrected chi connectivity index (χ2v) is 6.32. The van der Waals surface area contributed by atoms with Gasteiger partial charge in [0, 0.05) is 38.4 Å². The van der Waals surface area contributed by atoms with Crippen LogP contribution in [-0.4, -0.2) is 43.7 Å². The first-order chi connectivity index (χ1) is 10.1. The number of aryl methyl sites for hydroxylation is 1. The van der Waals surface area contributed by atoms with E-state index in [1.165, 1.54) is 29.7 Å². The molecule has 1 aliphatic carbocycles. The highest BCUT2D eigenvalue weighted by Crippen LogP contribution is 2.27. The molecule has 1 saturated carbocycles. The second-order valence-electron chi connectivity index (χ2n) is 6.32. The van der Waals surface area contributed by atoms with Gasteiger partial charge in [-0.3, -0.25) is 0 Å². The van der Waals surface area contributed by atoms with Gasteiger partial charge < -0.3 is 15.1 Å². The highest BCUT2D eigenvalue weighted by molar-refractivity contribution is 5.74. The van der Waals surface area contributed by atoms with Crippen molar-refractivity contribution in [2.24, 2.45) is 5.92 Å². The number of hydrogen-bond acceptors (Lipinski definition) is 2. The van der Waals surface area contributed by atoms with Gasteiger partial charge in [0.25, 0.3) is 0 Å². The first-order valence-corrected chi connectivity index (χ1v) is 7.99. The van der Waals surface area contributed by atoms with Crippen molar-refractivity contribution in [1.29, 1.82) is 0 Å². The predicted octanol–water partition coefficient (Wildman–Crippen LogP) is 2.55. The molecule has 2 amide bonds. The van der Waals surface area contributed by atoms with Crippen molar-refractivity contribution < 1.29 is 4.79 Å². The van der Waals surface area contributed by atoms with Gasteiger partial charge in [-0.2, -0.15) is 0 Å². The maximum absolute atomic E-state index is 12.1. The van der Waals surface area contributed by atoms with Gasteiger partial charge in [0.2, 0.25) is 0 Å². The van der Waals surface area contributed by atoms with Crippen molar-refractivity contribution in [3.63, 3.8) is 0 Å². The fraction of sp³-hybridized carbons (Fsp3) is 0.588. The molecule has 0 radical (unpaired) electrons. The SMILES string of the molecule is Cc1cccc(N2CCN(C(=O)NCC3CC3)CC2)c1C. The molecule has 0 unspecified atom stereocenters. The molecule has 1 saturated heterocycles. The third-order valence-electron chi connectivity index (χ3n) is 4.72. The summed E-state index contributed by atoms with van der Waals surface area (Å²) in [6, 6.07) is 6.57. The molecule has 2 aliphatic rings. The number of carbonyl (C=O) groups is 1. The normalized spacial score (nSPS) is 18.8. The molecule has 0 aromatic heterocycles. The molecule has 2 fully saturated rings. The lowest BCUT2D eigenvalue weighted by Crippen LogP contribution is -2.52. The summed E-state index contributed by atoms with van der Waals surface area (Å²) in [5.74, 6) is 0.741. The lowest BCUT2D eigenvalue weighted by Gasteiger charge is -2.37. The van der Waals surface area contributed by atoms with E-state index in [1.807, 2.05) is 4.90 Å². The summed E-state index contributed by atoms with van der Waals surface area (Å²) in [4.78, 5) is 16.4. The number of piperazine rings is 1. The van der Waals surface area contributed by atoms with Gasteiger partial charge in [-0.1, -0.05) is 12.1 Å². The fourth-order valence-electron chi connectivity index (χ4n) is 2.89. The Kier molecular flexibility index (Phi) is 4.04. The van der Waals surface area contributed by atoms with E-state index >= 15 is 0 Å². The first kappa shape index (κ1) is 14.2. The Labute approximate surface area is 127 Å². The molecule has 114 valence electrons. The summed E-state index contributed by atoms with van der Waals surface area (Å²) < 4.78 is 0. The molecule has 21 heavy (non-hydrogen) atoms. The number of nitrogens with zero attached hydrogens (tertiary/aromatic N) is 2. The first-order valence-electron chi connectivity index (χ1n) is 7.99. The van der Waals surface area contributed by atoms with E-state index in [2.05, 4.69) is 42.3 Å². The monoisotopic (exact) mass is 287 g/mol. The van der Waals surface area contributed by atoms with E-state index in [1.54, 1.807) is 0 Å². The highest BCUT2D eigenvalue weighted by atomic mass is 16.2. The van der Waals surface area contributed by atoms with Gasteiger partial charge in [-0.25, -0.2) is 4.79 Å². The van der Waals surface area contributed by atoms with Crippen molar-refractivity contribution in [3.05, 3.63) is 29.3 Å². The lowest BCUT2D eigenvalue weighted by atomic mass is 10.1. The van der Waals surface area contributed by atoms with Gasteiger partial charge in [-0.15, -0.1) is 0 Å². The van der Waals surface area contributed by atoms with E-state index in [0.29, 0.717) is 0 Å². The maximum Gasteiger partial charge on any atom is 0.317 e. The number of anilines is 1. The molecule has 3 rings (SSSR count). The zero-order chi connectivity index (χ0) is 14.8. The van der Waals surface area contributed by atoms with Gasteiger partial charge in [0.05, 0.1) is 0 Å². The van der Waals surface area contributed by atoms with Gasteiger partial charge in [0.1, 0.15) is 0 Å². The van der Waals surface area contributed by atoms with Crippen LogP contribution in [0.2, 0.25) is 0 Å². The lowest BCUT2D eigenvalue weighted by molar-refractivity contribution is 0.194. The average molecular weight is 287 g/mol. The van der Waals surface area contributed by atoms with Crippen molar-refractivity contribution in [2.45, 2.75) is 26.7 Å². The number of amides is 2. The largest absolute Gasteiger partial charge is 0.368 e. The summed E-state index contributed by atoms with van der Waals surface area (Å²) in [6.45, 7) is 8.64. The minimum Gasteiger partial charge on any atom is -0.368 e. The molecule has 1 aromatic carbocycles. The summed E-state index contributed by atoms with van der Waals surface area (Å²) >= 11 is 0. The molecule has 0 spiro atoms. The third kappa shape index (κ3) is 3.31. The maximum atomic E-state index is 12.1. The van der Waals surface area contributed by atoms with Crippen LogP contribution < -0.4 is 10.2 Å². The molecule has 1 aromatic rings. The quantitative estimate of drug-likeness (QED) is 0.927. The van der Waals surface area contributed by atoms with Crippen molar-refractivity contribution >= 4 is 11.7 Å². The van der Waals surface area contributed by atoms with Crippen LogP contribution in [0.3, 0.4) is 0 Å². The number of hydrogen-bond donors (Lipinski definition) is 1. The topological polar surface area (TPSA) is 35.6 Å². The molecule has 1 N–H and O–H groups in total. The molecule has 0 bridgehead atoms. The number of carbonyl (C=O) groups excluding carboxylic acids is 1. The smallest absolute Gasteiger partial charge is 0.317 e. The van der Waals surface area contributed by atoms with Gasteiger partial charge in [0.15, 0.2) is 0 Å². The van der Waals surface area contributed by atoms with Crippen LogP contribution in [0.5, 0.6) is 0 Å². The number of rotatable bonds is 3. The Balaban J connectivity index is 1.54. The van der Waals surface area contributed by atoms with Crippen LogP contribution in [0.15, 0.2) is 18.2 Å². The zero-order valence-corrected chi connectivity index (χ0v) is 13.1. The van der Waals surface area contributed by atoms with Crippen LogP contribution in [0, 0.1) is 19.8 Å². The Morgan fingerprint density at radius 1 is 1.19 bits per heavy atom. The number of nitrogens with one attached hydrogen (secondary N) is 1. The molecule has 0 atom stereocenters. The fourth-order valence-corrected chi connectivity index (χ4v) is 2.89. The van der Waals surface area contributed by atoms with Crippen LogP contribution in [0.25, 0.3) is 0 Å². The Morgan fingerprint density at radius 2 is 1.90 bits per heavy atom. The average Bonchev–Trinajstić information content (AvgIpc) is 3.32.